The second-order valence-electron chi connectivity index (χ2n) is 4.62. The Morgan fingerprint density at radius 3 is 2.33 bits per heavy atom. The van der Waals surface area contributed by atoms with Gasteiger partial charge in [-0.1, -0.05) is 0 Å². The van der Waals surface area contributed by atoms with Crippen molar-refractivity contribution >= 4 is 16.0 Å². The van der Waals surface area contributed by atoms with E-state index in [1.807, 2.05) is 0 Å². The van der Waals surface area contributed by atoms with Crippen LogP contribution in [0.3, 0.4) is 0 Å². The fraction of sp³-hybridized carbons (Fsp3) is 0.417. The second-order valence-corrected chi connectivity index (χ2v) is 6.56. The number of hydrogen-bond donors (Lipinski definition) is 3. The number of ether oxygens (including phenoxy) is 1. The number of sulfonamides is 1. The van der Waals surface area contributed by atoms with Crippen molar-refractivity contribution in [3.63, 3.8) is 0 Å². The van der Waals surface area contributed by atoms with Crippen LogP contribution in [0.15, 0.2) is 23.1 Å². The van der Waals surface area contributed by atoms with Gasteiger partial charge in [0.05, 0.1) is 24.2 Å². The molecule has 0 bridgehead atoms. The minimum absolute atomic E-state index is 0.0444. The summed E-state index contributed by atoms with van der Waals surface area (Å²) in [5, 5.41) is 27.9. The summed E-state index contributed by atoms with van der Waals surface area (Å²) in [6.45, 7) is -0.476. The smallest absolute Gasteiger partial charge is 0.339 e. The predicted molar refractivity (Wildman–Crippen MR) is 70.7 cm³/mol. The third-order valence-corrected chi connectivity index (χ3v) is 5.09. The summed E-state index contributed by atoms with van der Waals surface area (Å²) in [7, 11) is -2.71. The first-order valence-corrected chi connectivity index (χ1v) is 7.49. The number of hydrogen-bond acceptors (Lipinski definition) is 6. The van der Waals surface area contributed by atoms with Gasteiger partial charge < -0.3 is 20.1 Å². The molecule has 0 aromatic heterocycles. The van der Waals surface area contributed by atoms with Gasteiger partial charge in [-0.05, 0) is 18.2 Å². The number of β-amino-alcohol motifs (C(OH)–C–C–N with tert-alkyl or cyclic N) is 2. The Labute approximate surface area is 121 Å². The van der Waals surface area contributed by atoms with Crippen LogP contribution in [0.4, 0.5) is 0 Å². The Morgan fingerprint density at radius 1 is 1.29 bits per heavy atom. The SMILES string of the molecule is COc1ccc(S(=O)(=O)N2CC(O)C(O)C2)cc1C(=O)O. The summed E-state index contributed by atoms with van der Waals surface area (Å²) in [5.41, 5.74) is -0.279. The average molecular weight is 317 g/mol. The van der Waals surface area contributed by atoms with E-state index in [1.165, 1.54) is 19.2 Å². The molecule has 2 rings (SSSR count). The van der Waals surface area contributed by atoms with E-state index in [1.54, 1.807) is 0 Å². The quantitative estimate of drug-likeness (QED) is 0.658. The predicted octanol–water partition coefficient (Wildman–Crippen LogP) is -0.881. The Balaban J connectivity index is 2.42. The summed E-state index contributed by atoms with van der Waals surface area (Å²) in [6.07, 6.45) is -2.31. The third kappa shape index (κ3) is 2.86. The first kappa shape index (κ1) is 15.7. The second kappa shape index (κ2) is 5.60. The molecule has 2 unspecified atom stereocenters. The van der Waals surface area contributed by atoms with E-state index in [0.29, 0.717) is 0 Å². The zero-order valence-electron chi connectivity index (χ0n) is 11.1. The molecule has 0 aliphatic carbocycles. The van der Waals surface area contributed by atoms with Crippen molar-refractivity contribution in [1.82, 2.24) is 4.31 Å². The van der Waals surface area contributed by atoms with Crippen LogP contribution in [-0.2, 0) is 10.0 Å². The van der Waals surface area contributed by atoms with E-state index >= 15 is 0 Å². The fourth-order valence-corrected chi connectivity index (χ4v) is 3.60. The number of benzene rings is 1. The molecule has 1 aliphatic rings. The number of aliphatic hydroxyl groups is 2. The lowest BCUT2D eigenvalue weighted by molar-refractivity contribution is 0.0572. The molecular formula is C12H15NO7S. The van der Waals surface area contributed by atoms with Crippen molar-refractivity contribution in [3.05, 3.63) is 23.8 Å². The zero-order valence-corrected chi connectivity index (χ0v) is 11.9. The molecule has 21 heavy (non-hydrogen) atoms. The normalized spacial score (nSPS) is 23.2. The van der Waals surface area contributed by atoms with Crippen LogP contribution in [0, 0.1) is 0 Å². The Bertz CT molecular complexity index is 648. The first-order chi connectivity index (χ1) is 9.77. The largest absolute Gasteiger partial charge is 0.496 e. The highest BCUT2D eigenvalue weighted by atomic mass is 32.2. The molecule has 116 valence electrons. The lowest BCUT2D eigenvalue weighted by atomic mass is 10.2. The Kier molecular flexibility index (Phi) is 4.19. The maximum atomic E-state index is 12.4. The number of aliphatic hydroxyl groups excluding tert-OH is 2. The molecule has 0 radical (unpaired) electrons. The van der Waals surface area contributed by atoms with Crippen molar-refractivity contribution < 1.29 is 33.3 Å². The maximum Gasteiger partial charge on any atom is 0.339 e. The standard InChI is InChI=1S/C12H15NO7S/c1-20-11-3-2-7(4-8(11)12(16)17)21(18,19)13-5-9(14)10(15)6-13/h2-4,9-10,14-15H,5-6H2,1H3,(H,16,17). The number of nitrogens with zero attached hydrogens (tertiary/aromatic N) is 1. The number of carboxylic acid groups (broad SMARTS) is 1. The van der Waals surface area contributed by atoms with Gasteiger partial charge in [-0.25, -0.2) is 13.2 Å². The van der Waals surface area contributed by atoms with Crippen LogP contribution in [0.5, 0.6) is 5.75 Å². The molecule has 9 heteroatoms. The number of methoxy groups -OCH3 is 1. The summed E-state index contributed by atoms with van der Waals surface area (Å²) in [5.74, 6) is -1.27. The van der Waals surface area contributed by atoms with Crippen LogP contribution in [0.1, 0.15) is 10.4 Å². The van der Waals surface area contributed by atoms with E-state index in [0.717, 1.165) is 10.4 Å². The van der Waals surface area contributed by atoms with Gasteiger partial charge in [-0.15, -0.1) is 0 Å². The summed E-state index contributed by atoms with van der Waals surface area (Å²) in [4.78, 5) is 10.9. The van der Waals surface area contributed by atoms with E-state index in [2.05, 4.69) is 0 Å². The topological polar surface area (TPSA) is 124 Å². The van der Waals surface area contributed by atoms with Gasteiger partial charge in [0.1, 0.15) is 11.3 Å². The summed E-state index contributed by atoms with van der Waals surface area (Å²) < 4.78 is 30.5. The molecule has 1 aromatic rings. The minimum atomic E-state index is -3.99. The fourth-order valence-electron chi connectivity index (χ4n) is 2.10. The molecule has 0 saturated carbocycles. The zero-order chi connectivity index (χ0) is 15.8. The molecule has 8 nitrogen and oxygen atoms in total. The highest BCUT2D eigenvalue weighted by Crippen LogP contribution is 2.26. The molecule has 1 aliphatic heterocycles. The Hall–Kier alpha value is -1.68. The lowest BCUT2D eigenvalue weighted by Crippen LogP contribution is -2.30. The van der Waals surface area contributed by atoms with Crippen LogP contribution < -0.4 is 4.74 Å². The maximum absolute atomic E-state index is 12.4. The molecule has 0 spiro atoms. The van der Waals surface area contributed by atoms with Crippen LogP contribution in [0.2, 0.25) is 0 Å². The van der Waals surface area contributed by atoms with Gasteiger partial charge in [0, 0.05) is 13.1 Å². The van der Waals surface area contributed by atoms with Crippen molar-refractivity contribution in [3.8, 4) is 5.75 Å². The monoisotopic (exact) mass is 317 g/mol. The average Bonchev–Trinajstić information content (AvgIpc) is 2.78. The molecule has 3 N–H and O–H groups in total. The number of carboxylic acids is 1. The molecule has 2 atom stereocenters. The number of rotatable bonds is 4. The summed E-state index contributed by atoms with van der Waals surface area (Å²) in [6, 6.07) is 3.46. The van der Waals surface area contributed by atoms with Gasteiger partial charge >= 0.3 is 5.97 Å². The molecule has 0 amide bonds. The Morgan fingerprint density at radius 2 is 1.86 bits per heavy atom. The van der Waals surface area contributed by atoms with Gasteiger partial charge in [0.25, 0.3) is 0 Å². The van der Waals surface area contributed by atoms with Crippen LogP contribution in [0.25, 0.3) is 0 Å². The van der Waals surface area contributed by atoms with Crippen LogP contribution >= 0.6 is 0 Å². The lowest BCUT2D eigenvalue weighted by Gasteiger charge is -2.16. The highest BCUT2D eigenvalue weighted by Gasteiger charge is 2.37. The minimum Gasteiger partial charge on any atom is -0.496 e. The number of aromatic carboxylic acids is 1. The van der Waals surface area contributed by atoms with Crippen LogP contribution in [-0.4, -0.2) is 66.4 Å². The van der Waals surface area contributed by atoms with Crippen molar-refractivity contribution in [2.75, 3.05) is 20.2 Å². The van der Waals surface area contributed by atoms with E-state index in [9.17, 15) is 23.4 Å². The van der Waals surface area contributed by atoms with E-state index < -0.39 is 28.2 Å². The molecule has 1 saturated heterocycles. The van der Waals surface area contributed by atoms with Gasteiger partial charge in [-0.2, -0.15) is 4.31 Å². The molecule has 1 fully saturated rings. The first-order valence-electron chi connectivity index (χ1n) is 6.05. The molecular weight excluding hydrogens is 302 g/mol. The summed E-state index contributed by atoms with van der Waals surface area (Å²) >= 11 is 0. The van der Waals surface area contributed by atoms with Gasteiger partial charge in [-0.3, -0.25) is 0 Å². The highest BCUT2D eigenvalue weighted by molar-refractivity contribution is 7.89. The van der Waals surface area contributed by atoms with Crippen molar-refractivity contribution in [1.29, 1.82) is 0 Å². The molecule has 1 aromatic carbocycles. The van der Waals surface area contributed by atoms with Gasteiger partial charge in [0.15, 0.2) is 0 Å². The molecule has 1 heterocycles. The van der Waals surface area contributed by atoms with Crippen molar-refractivity contribution in [2.45, 2.75) is 17.1 Å². The van der Waals surface area contributed by atoms with E-state index in [4.69, 9.17) is 9.84 Å². The third-order valence-electron chi connectivity index (χ3n) is 3.26. The van der Waals surface area contributed by atoms with Gasteiger partial charge in [0.2, 0.25) is 10.0 Å². The van der Waals surface area contributed by atoms with E-state index in [-0.39, 0.29) is 29.3 Å². The number of carbonyl (C=O) groups is 1. The van der Waals surface area contributed by atoms with Crippen molar-refractivity contribution in [2.24, 2.45) is 0 Å².